The lowest BCUT2D eigenvalue weighted by molar-refractivity contribution is -0.140. The number of allylic oxidation sites excluding steroid dienone is 1. The minimum absolute atomic E-state index is 0.228. The van der Waals surface area contributed by atoms with E-state index in [1.165, 1.54) is 26.6 Å². The molecule has 0 bridgehead atoms. The van der Waals surface area contributed by atoms with Crippen molar-refractivity contribution in [2.24, 2.45) is 11.8 Å². The van der Waals surface area contributed by atoms with Gasteiger partial charge in [0.25, 0.3) is 0 Å². The molecule has 0 N–H and O–H groups in total. The SMILES string of the molecule is COC(=O)CC/C(=C(/c1ccc(OCCN2CC3CC3C2)cc1)c1ccc(Oc2ccccc2)cc1)c1ccccc1. The predicted octanol–water partition coefficient (Wildman–Crippen LogP) is 7.72. The van der Waals surface area contributed by atoms with Crippen LogP contribution in [0.15, 0.2) is 109 Å². The highest BCUT2D eigenvalue weighted by Gasteiger charge is 2.44. The van der Waals surface area contributed by atoms with Gasteiger partial charge in [0.2, 0.25) is 0 Å². The number of para-hydroxylation sites is 1. The number of benzene rings is 4. The van der Waals surface area contributed by atoms with Crippen LogP contribution in [0, 0.1) is 11.8 Å². The highest BCUT2D eigenvalue weighted by Crippen LogP contribution is 2.44. The highest BCUT2D eigenvalue weighted by atomic mass is 16.5. The van der Waals surface area contributed by atoms with Crippen LogP contribution in [0.5, 0.6) is 17.2 Å². The quantitative estimate of drug-likeness (QED) is 0.131. The fraction of sp³-hybridized carbons (Fsp3) is 0.270. The maximum absolute atomic E-state index is 12.2. The van der Waals surface area contributed by atoms with Crippen LogP contribution in [0.1, 0.15) is 36.0 Å². The van der Waals surface area contributed by atoms with Crippen LogP contribution in [-0.2, 0) is 9.53 Å². The Morgan fingerprint density at radius 1 is 0.690 bits per heavy atom. The summed E-state index contributed by atoms with van der Waals surface area (Å²) in [5.41, 5.74) is 5.33. The number of ether oxygens (including phenoxy) is 3. The van der Waals surface area contributed by atoms with E-state index >= 15 is 0 Å². The van der Waals surface area contributed by atoms with E-state index in [1.807, 2.05) is 72.8 Å². The summed E-state index contributed by atoms with van der Waals surface area (Å²) in [6, 6.07) is 36.5. The van der Waals surface area contributed by atoms with Gasteiger partial charge in [-0.1, -0.05) is 72.8 Å². The van der Waals surface area contributed by atoms with E-state index < -0.39 is 0 Å². The Labute approximate surface area is 248 Å². The van der Waals surface area contributed by atoms with Gasteiger partial charge in [-0.3, -0.25) is 9.69 Å². The van der Waals surface area contributed by atoms with Crippen molar-refractivity contribution in [2.45, 2.75) is 19.3 Å². The minimum Gasteiger partial charge on any atom is -0.492 e. The van der Waals surface area contributed by atoms with Gasteiger partial charge in [0.15, 0.2) is 0 Å². The zero-order valence-corrected chi connectivity index (χ0v) is 24.1. The van der Waals surface area contributed by atoms with Crippen LogP contribution in [0.2, 0.25) is 0 Å². The van der Waals surface area contributed by atoms with Gasteiger partial charge in [-0.2, -0.15) is 0 Å². The molecule has 2 atom stereocenters. The Balaban J connectivity index is 1.29. The van der Waals surface area contributed by atoms with E-state index in [-0.39, 0.29) is 5.97 Å². The molecule has 0 radical (unpaired) electrons. The fourth-order valence-electron chi connectivity index (χ4n) is 5.90. The molecule has 4 aromatic carbocycles. The predicted molar refractivity (Wildman–Crippen MR) is 167 cm³/mol. The number of likely N-dealkylation sites (tertiary alicyclic amines) is 1. The van der Waals surface area contributed by atoms with Gasteiger partial charge >= 0.3 is 5.97 Å². The number of fused-ring (bicyclic) bond motifs is 1. The maximum Gasteiger partial charge on any atom is 0.305 e. The summed E-state index contributed by atoms with van der Waals surface area (Å²) in [4.78, 5) is 14.8. The Kier molecular flexibility index (Phi) is 8.67. The highest BCUT2D eigenvalue weighted by molar-refractivity contribution is 5.99. The molecule has 1 saturated carbocycles. The Hall–Kier alpha value is -4.35. The molecule has 6 rings (SSSR count). The average Bonchev–Trinajstić information content (AvgIpc) is 3.65. The molecule has 42 heavy (non-hydrogen) atoms. The minimum atomic E-state index is -0.228. The van der Waals surface area contributed by atoms with Crippen LogP contribution in [0.3, 0.4) is 0 Å². The summed E-state index contributed by atoms with van der Waals surface area (Å²) in [5.74, 6) is 4.07. The third-order valence-electron chi connectivity index (χ3n) is 8.23. The summed E-state index contributed by atoms with van der Waals surface area (Å²) in [5, 5.41) is 0. The van der Waals surface area contributed by atoms with Gasteiger partial charge in [0.1, 0.15) is 23.9 Å². The van der Waals surface area contributed by atoms with Crippen molar-refractivity contribution >= 4 is 17.1 Å². The second-order valence-corrected chi connectivity index (χ2v) is 11.1. The Bertz CT molecular complexity index is 1490. The van der Waals surface area contributed by atoms with Gasteiger partial charge in [-0.05, 0) is 88.9 Å². The summed E-state index contributed by atoms with van der Waals surface area (Å²) < 4.78 is 17.2. The molecule has 0 amide bonds. The molecule has 5 nitrogen and oxygen atoms in total. The number of hydrogen-bond acceptors (Lipinski definition) is 5. The molecule has 214 valence electrons. The molecule has 1 aliphatic heterocycles. The molecular formula is C37H37NO4. The number of methoxy groups -OCH3 is 1. The maximum atomic E-state index is 12.2. The second-order valence-electron chi connectivity index (χ2n) is 11.1. The first-order valence-electron chi connectivity index (χ1n) is 14.8. The number of rotatable bonds is 12. The monoisotopic (exact) mass is 559 g/mol. The topological polar surface area (TPSA) is 48.0 Å². The van der Waals surface area contributed by atoms with Crippen LogP contribution in [0.25, 0.3) is 11.1 Å². The normalized spacial score (nSPS) is 18.1. The van der Waals surface area contributed by atoms with E-state index in [1.54, 1.807) is 0 Å². The van der Waals surface area contributed by atoms with Crippen molar-refractivity contribution in [3.63, 3.8) is 0 Å². The van der Waals surface area contributed by atoms with Crippen molar-refractivity contribution in [3.8, 4) is 17.2 Å². The van der Waals surface area contributed by atoms with Gasteiger partial charge < -0.3 is 14.2 Å². The molecular weight excluding hydrogens is 522 g/mol. The largest absolute Gasteiger partial charge is 0.492 e. The average molecular weight is 560 g/mol. The first kappa shape index (κ1) is 27.8. The molecule has 1 saturated heterocycles. The van der Waals surface area contributed by atoms with Crippen molar-refractivity contribution < 1.29 is 19.0 Å². The number of piperidine rings is 1. The molecule has 2 aliphatic rings. The van der Waals surface area contributed by atoms with Gasteiger partial charge in [0, 0.05) is 26.1 Å². The third-order valence-corrected chi connectivity index (χ3v) is 8.23. The number of carbonyl (C=O) groups is 1. The molecule has 0 spiro atoms. The van der Waals surface area contributed by atoms with Crippen molar-refractivity contribution in [1.82, 2.24) is 4.90 Å². The number of nitrogens with zero attached hydrogens (tertiary/aromatic N) is 1. The lowest BCUT2D eigenvalue weighted by Gasteiger charge is -2.19. The van der Waals surface area contributed by atoms with E-state index in [0.717, 1.165) is 63.5 Å². The van der Waals surface area contributed by atoms with Gasteiger partial charge in [-0.25, -0.2) is 0 Å². The first-order valence-corrected chi connectivity index (χ1v) is 14.8. The van der Waals surface area contributed by atoms with Crippen molar-refractivity contribution in [2.75, 3.05) is 33.4 Å². The summed E-state index contributed by atoms with van der Waals surface area (Å²) >= 11 is 0. The number of carbonyl (C=O) groups excluding carboxylic acids is 1. The molecule has 4 aromatic rings. The summed E-state index contributed by atoms with van der Waals surface area (Å²) in [6.07, 6.45) is 2.26. The molecule has 0 aromatic heterocycles. The van der Waals surface area contributed by atoms with Crippen LogP contribution in [0.4, 0.5) is 0 Å². The van der Waals surface area contributed by atoms with Crippen LogP contribution in [-0.4, -0.2) is 44.2 Å². The molecule has 1 aliphatic carbocycles. The summed E-state index contributed by atoms with van der Waals surface area (Å²) in [7, 11) is 1.44. The van der Waals surface area contributed by atoms with Crippen molar-refractivity contribution in [3.05, 3.63) is 126 Å². The summed E-state index contributed by atoms with van der Waals surface area (Å²) in [6.45, 7) is 4.12. The van der Waals surface area contributed by atoms with E-state index in [4.69, 9.17) is 14.2 Å². The Morgan fingerprint density at radius 2 is 1.26 bits per heavy atom. The van der Waals surface area contributed by atoms with Crippen LogP contribution >= 0.6 is 0 Å². The number of hydrogen-bond donors (Lipinski definition) is 0. The zero-order valence-electron chi connectivity index (χ0n) is 24.1. The fourth-order valence-corrected chi connectivity index (χ4v) is 5.90. The molecule has 2 unspecified atom stereocenters. The molecule has 1 heterocycles. The zero-order chi connectivity index (χ0) is 28.7. The van der Waals surface area contributed by atoms with E-state index in [0.29, 0.717) is 19.4 Å². The van der Waals surface area contributed by atoms with Crippen LogP contribution < -0.4 is 9.47 Å². The standard InChI is InChI=1S/C37H37NO4/c1-40-36(39)21-20-35(27-8-4-2-5-9-27)37(29-14-18-34(19-15-29)42-33-10-6-3-7-11-33)28-12-16-32(17-13-28)41-23-22-38-25-30-24-31(30)26-38/h2-19,30-31H,20-26H2,1H3/b37-35+. The van der Waals surface area contributed by atoms with E-state index in [9.17, 15) is 4.79 Å². The van der Waals surface area contributed by atoms with Crippen molar-refractivity contribution in [1.29, 1.82) is 0 Å². The number of esters is 1. The second kappa shape index (κ2) is 13.1. The lowest BCUT2D eigenvalue weighted by atomic mass is 9.87. The first-order chi connectivity index (χ1) is 20.7. The molecule has 5 heteroatoms. The lowest BCUT2D eigenvalue weighted by Crippen LogP contribution is -2.27. The smallest absolute Gasteiger partial charge is 0.305 e. The van der Waals surface area contributed by atoms with E-state index in [2.05, 4.69) is 41.3 Å². The van der Waals surface area contributed by atoms with Gasteiger partial charge in [-0.15, -0.1) is 0 Å². The third kappa shape index (κ3) is 6.92. The Morgan fingerprint density at radius 3 is 1.88 bits per heavy atom. The molecule has 2 fully saturated rings. The van der Waals surface area contributed by atoms with Gasteiger partial charge in [0.05, 0.1) is 7.11 Å².